The molecule has 1 aromatic heterocycles. The number of hydrogen-bond donors (Lipinski definition) is 3. The molecule has 0 radical (unpaired) electrons. The first kappa shape index (κ1) is 35.1. The fourth-order valence-corrected chi connectivity index (χ4v) is 7.07. The van der Waals surface area contributed by atoms with Crippen LogP contribution >= 0.6 is 11.3 Å². The van der Waals surface area contributed by atoms with Gasteiger partial charge in [0.25, 0.3) is 0 Å². The molecule has 0 saturated carbocycles. The van der Waals surface area contributed by atoms with Gasteiger partial charge in [0.1, 0.15) is 16.5 Å². The topological polar surface area (TPSA) is 131 Å². The first-order chi connectivity index (χ1) is 23.9. The molecule has 1 fully saturated rings. The smallest absolute Gasteiger partial charge is 0.323 e. The van der Waals surface area contributed by atoms with Crippen molar-refractivity contribution in [3.63, 3.8) is 0 Å². The van der Waals surface area contributed by atoms with E-state index < -0.39 is 16.1 Å². The zero-order chi connectivity index (χ0) is 35.5. The lowest BCUT2D eigenvalue weighted by molar-refractivity contribution is 0.0337. The van der Waals surface area contributed by atoms with Crippen LogP contribution in [0.1, 0.15) is 32.0 Å². The van der Waals surface area contributed by atoms with Gasteiger partial charge in [-0.15, -0.1) is 11.3 Å². The number of ether oxygens (including phenoxy) is 3. The van der Waals surface area contributed by atoms with Gasteiger partial charge in [0, 0.05) is 41.4 Å². The molecule has 0 aliphatic carbocycles. The van der Waals surface area contributed by atoms with E-state index in [2.05, 4.69) is 25.6 Å². The van der Waals surface area contributed by atoms with Gasteiger partial charge in [-0.3, -0.25) is 9.62 Å². The normalized spacial score (nSPS) is 13.9. The standard InChI is InChI=1S/C37H41N5O6S2/c1-37(2,3)25-20-31(34(46-4)32(21-25)41-50(5,44)45)40-36(43)39-30-13-14-33(29-12-7-6-11-28(29)30)48-27-10-8-9-24(19-27)35-38-26(23-49-35)22-42-15-17-47-18-16-42/h6-14,19-21,23,41H,15-18,22H2,1-5H3,(H2,39,40,43). The van der Waals surface area contributed by atoms with Gasteiger partial charge in [-0.05, 0) is 47.4 Å². The zero-order valence-electron chi connectivity index (χ0n) is 28.7. The fraction of sp³-hybridized carbons (Fsp3) is 0.297. The van der Waals surface area contributed by atoms with Crippen LogP contribution < -0.4 is 24.8 Å². The second-order valence-electron chi connectivity index (χ2n) is 13.1. The van der Waals surface area contributed by atoms with Crippen LogP contribution in [0, 0.1) is 0 Å². The number of fused-ring (bicyclic) bond motifs is 1. The Labute approximate surface area is 296 Å². The Morgan fingerprint density at radius 1 is 0.940 bits per heavy atom. The van der Waals surface area contributed by atoms with Crippen molar-refractivity contribution in [1.82, 2.24) is 9.88 Å². The molecule has 5 aromatic rings. The molecule has 2 heterocycles. The van der Waals surface area contributed by atoms with Gasteiger partial charge >= 0.3 is 6.03 Å². The summed E-state index contributed by atoms with van der Waals surface area (Å²) < 4.78 is 44.2. The maximum Gasteiger partial charge on any atom is 0.323 e. The summed E-state index contributed by atoms with van der Waals surface area (Å²) in [5.74, 6) is 1.49. The Bertz CT molecular complexity index is 2120. The highest BCUT2D eigenvalue weighted by Gasteiger charge is 2.23. The molecular weight excluding hydrogens is 675 g/mol. The predicted molar refractivity (Wildman–Crippen MR) is 200 cm³/mol. The number of methoxy groups -OCH3 is 1. The Morgan fingerprint density at radius 2 is 1.66 bits per heavy atom. The number of aromatic nitrogens is 1. The molecule has 4 aromatic carbocycles. The summed E-state index contributed by atoms with van der Waals surface area (Å²) in [4.78, 5) is 20.7. The first-order valence-corrected chi connectivity index (χ1v) is 19.0. The van der Waals surface area contributed by atoms with E-state index in [0.29, 0.717) is 22.9 Å². The van der Waals surface area contributed by atoms with Crippen molar-refractivity contribution >= 4 is 55.2 Å². The number of amides is 2. The molecule has 3 N–H and O–H groups in total. The van der Waals surface area contributed by atoms with Gasteiger partial charge in [0.05, 0.1) is 49.3 Å². The number of urea groups is 1. The van der Waals surface area contributed by atoms with Crippen LogP contribution in [-0.2, 0) is 26.7 Å². The molecule has 6 rings (SSSR count). The van der Waals surface area contributed by atoms with Gasteiger partial charge in [0.15, 0.2) is 5.75 Å². The third-order valence-corrected chi connectivity index (χ3v) is 9.72. The van der Waals surface area contributed by atoms with E-state index in [1.165, 1.54) is 7.11 Å². The second-order valence-corrected chi connectivity index (χ2v) is 15.7. The molecule has 13 heteroatoms. The Morgan fingerprint density at radius 3 is 2.38 bits per heavy atom. The van der Waals surface area contributed by atoms with Crippen LogP contribution in [0.25, 0.3) is 21.3 Å². The predicted octanol–water partition coefficient (Wildman–Crippen LogP) is 7.91. The molecule has 50 heavy (non-hydrogen) atoms. The summed E-state index contributed by atoms with van der Waals surface area (Å²) in [6, 6.07) is 22.1. The van der Waals surface area contributed by atoms with Crippen LogP contribution in [0.3, 0.4) is 0 Å². The van der Waals surface area contributed by atoms with Crippen molar-refractivity contribution in [3.8, 4) is 27.8 Å². The maximum absolute atomic E-state index is 13.5. The lowest BCUT2D eigenvalue weighted by Gasteiger charge is -2.25. The molecule has 0 spiro atoms. The van der Waals surface area contributed by atoms with Crippen LogP contribution in [0.5, 0.6) is 17.2 Å². The lowest BCUT2D eigenvalue weighted by atomic mass is 9.86. The van der Waals surface area contributed by atoms with Crippen LogP contribution in [0.4, 0.5) is 21.9 Å². The molecule has 11 nitrogen and oxygen atoms in total. The number of hydrogen-bond acceptors (Lipinski definition) is 9. The van der Waals surface area contributed by atoms with E-state index in [0.717, 1.165) is 71.7 Å². The first-order valence-electron chi connectivity index (χ1n) is 16.2. The number of carbonyl (C=O) groups is 1. The molecule has 2 amide bonds. The van der Waals surface area contributed by atoms with Crippen LogP contribution in [0.2, 0.25) is 0 Å². The number of anilines is 3. The summed E-state index contributed by atoms with van der Waals surface area (Å²) in [6.45, 7) is 10.1. The summed E-state index contributed by atoms with van der Waals surface area (Å²) in [6.07, 6.45) is 1.06. The van der Waals surface area contributed by atoms with Gasteiger partial charge in [-0.2, -0.15) is 0 Å². The minimum absolute atomic E-state index is 0.195. The van der Waals surface area contributed by atoms with Crippen molar-refractivity contribution in [3.05, 3.63) is 89.4 Å². The zero-order valence-corrected chi connectivity index (χ0v) is 30.3. The highest BCUT2D eigenvalue weighted by atomic mass is 32.2. The minimum atomic E-state index is -3.62. The summed E-state index contributed by atoms with van der Waals surface area (Å²) >= 11 is 1.62. The van der Waals surface area contributed by atoms with Crippen LogP contribution in [0.15, 0.2) is 78.2 Å². The summed E-state index contributed by atoms with van der Waals surface area (Å²) in [5, 5.41) is 10.4. The second kappa shape index (κ2) is 14.7. The Kier molecular flexibility index (Phi) is 10.3. The number of morpholine rings is 1. The van der Waals surface area contributed by atoms with E-state index in [1.54, 1.807) is 29.5 Å². The number of carbonyl (C=O) groups excluding carboxylic acids is 1. The monoisotopic (exact) mass is 715 g/mol. The lowest BCUT2D eigenvalue weighted by Crippen LogP contribution is -2.35. The quantitative estimate of drug-likeness (QED) is 0.133. The minimum Gasteiger partial charge on any atom is -0.492 e. The third-order valence-electron chi connectivity index (χ3n) is 8.18. The Hall–Kier alpha value is -4.69. The average Bonchev–Trinajstić information content (AvgIpc) is 3.54. The van der Waals surface area contributed by atoms with Gasteiger partial charge in [0.2, 0.25) is 10.0 Å². The third kappa shape index (κ3) is 8.53. The van der Waals surface area contributed by atoms with Crippen molar-refractivity contribution in [2.75, 3.05) is 55.0 Å². The summed E-state index contributed by atoms with van der Waals surface area (Å²) in [5.41, 5.74) is 3.60. The molecular formula is C37H41N5O6S2. The van der Waals surface area contributed by atoms with Crippen LogP contribution in [-0.4, -0.2) is 64.0 Å². The van der Waals surface area contributed by atoms with Gasteiger partial charge in [-0.1, -0.05) is 57.2 Å². The SMILES string of the molecule is COc1c(NC(=O)Nc2ccc(Oc3cccc(-c4nc(CN5CCOCC5)cs4)c3)c3ccccc23)cc(C(C)(C)C)cc1NS(C)(=O)=O. The number of benzene rings is 4. The maximum atomic E-state index is 13.5. The molecule has 1 saturated heterocycles. The summed E-state index contributed by atoms with van der Waals surface area (Å²) in [7, 11) is -2.19. The van der Waals surface area contributed by atoms with Crippen molar-refractivity contribution in [2.45, 2.75) is 32.7 Å². The van der Waals surface area contributed by atoms with E-state index in [9.17, 15) is 13.2 Å². The van der Waals surface area contributed by atoms with Crippen molar-refractivity contribution in [2.24, 2.45) is 0 Å². The molecule has 0 atom stereocenters. The molecule has 1 aliphatic rings. The number of nitrogens with zero attached hydrogens (tertiary/aromatic N) is 2. The fourth-order valence-electron chi connectivity index (χ4n) is 5.72. The van der Waals surface area contributed by atoms with Gasteiger partial charge < -0.3 is 24.8 Å². The number of sulfonamides is 1. The molecule has 262 valence electrons. The highest BCUT2D eigenvalue weighted by molar-refractivity contribution is 7.92. The Balaban J connectivity index is 1.21. The molecule has 1 aliphatic heterocycles. The van der Waals surface area contributed by atoms with E-state index in [1.807, 2.05) is 75.4 Å². The number of rotatable bonds is 10. The van der Waals surface area contributed by atoms with E-state index in [4.69, 9.17) is 19.2 Å². The van der Waals surface area contributed by atoms with Crippen molar-refractivity contribution in [1.29, 1.82) is 0 Å². The largest absolute Gasteiger partial charge is 0.492 e. The highest BCUT2D eigenvalue weighted by Crippen LogP contribution is 2.40. The van der Waals surface area contributed by atoms with E-state index >= 15 is 0 Å². The van der Waals surface area contributed by atoms with Crippen molar-refractivity contribution < 1.29 is 27.4 Å². The van der Waals surface area contributed by atoms with Gasteiger partial charge in [-0.25, -0.2) is 18.2 Å². The van der Waals surface area contributed by atoms with E-state index in [-0.39, 0.29) is 16.9 Å². The molecule has 0 unspecified atom stereocenters. The molecule has 0 bridgehead atoms. The number of thiazole rings is 1. The average molecular weight is 716 g/mol. The number of nitrogens with one attached hydrogen (secondary N) is 3.